The van der Waals surface area contributed by atoms with Gasteiger partial charge in [-0.1, -0.05) is 16.9 Å². The zero-order valence-corrected chi connectivity index (χ0v) is 12.2. The van der Waals surface area contributed by atoms with Gasteiger partial charge in [0.05, 0.1) is 11.5 Å². The fourth-order valence-corrected chi connectivity index (χ4v) is 2.96. The fourth-order valence-electron chi connectivity index (χ4n) is 2.03. The summed E-state index contributed by atoms with van der Waals surface area (Å²) in [6.45, 7) is 2.01. The van der Waals surface area contributed by atoms with Crippen molar-refractivity contribution in [1.82, 2.24) is 24.9 Å². The minimum atomic E-state index is 0.00270. The van der Waals surface area contributed by atoms with Gasteiger partial charge < -0.3 is 13.5 Å². The number of nitrogens with zero attached hydrogens (tertiary/aromatic N) is 5. The minimum absolute atomic E-state index is 0.00270. The Morgan fingerprint density at radius 1 is 1.43 bits per heavy atom. The number of rotatable bonds is 5. The Hall–Kier alpha value is -2.09. The molecule has 0 saturated heterocycles. The average Bonchev–Trinajstić information content (AvgIpc) is 2.94. The maximum atomic E-state index is 5.32. The molecule has 1 saturated carbocycles. The van der Waals surface area contributed by atoms with Crippen molar-refractivity contribution >= 4 is 11.8 Å². The third-order valence-corrected chi connectivity index (χ3v) is 4.35. The Morgan fingerprint density at radius 2 is 2.33 bits per heavy atom. The first-order valence-electron chi connectivity index (χ1n) is 6.75. The standard InChI is InChI=1S/C13H13N5O2S/c1-8(21-13-16-14-7-18(13)9-4-5-9)12-15-11(17-20-12)10-3-2-6-19-10/h2-3,6-9H,4-5H2,1H3/t8-/m1/s1. The lowest BCUT2D eigenvalue weighted by atomic mass is 10.4. The Morgan fingerprint density at radius 3 is 3.10 bits per heavy atom. The van der Waals surface area contributed by atoms with Gasteiger partial charge in [0, 0.05) is 6.04 Å². The molecule has 0 unspecified atom stereocenters. The lowest BCUT2D eigenvalue weighted by Crippen LogP contribution is -1.97. The second kappa shape index (κ2) is 5.03. The molecule has 0 spiro atoms. The van der Waals surface area contributed by atoms with Gasteiger partial charge in [-0.05, 0) is 31.9 Å². The molecule has 3 aromatic heterocycles. The molecule has 3 aromatic rings. The molecule has 1 aliphatic rings. The molecule has 0 bridgehead atoms. The molecule has 1 fully saturated rings. The first kappa shape index (κ1) is 12.6. The fraction of sp³-hybridized carbons (Fsp3) is 0.385. The van der Waals surface area contributed by atoms with Gasteiger partial charge in [0.1, 0.15) is 6.33 Å². The van der Waals surface area contributed by atoms with Crippen molar-refractivity contribution in [3.05, 3.63) is 30.6 Å². The quantitative estimate of drug-likeness (QED) is 0.670. The SMILES string of the molecule is C[C@@H](Sc1nncn1C1CC1)c1nc(-c2ccco2)no1. The normalized spacial score (nSPS) is 16.2. The minimum Gasteiger partial charge on any atom is -0.461 e. The van der Waals surface area contributed by atoms with Crippen molar-refractivity contribution in [2.45, 2.75) is 36.2 Å². The molecule has 7 nitrogen and oxygen atoms in total. The number of furan rings is 1. The van der Waals surface area contributed by atoms with E-state index in [1.165, 1.54) is 12.8 Å². The summed E-state index contributed by atoms with van der Waals surface area (Å²) in [5.41, 5.74) is 0. The van der Waals surface area contributed by atoms with Crippen LogP contribution in [-0.2, 0) is 0 Å². The second-order valence-corrected chi connectivity index (χ2v) is 6.25. The molecule has 21 heavy (non-hydrogen) atoms. The van der Waals surface area contributed by atoms with Gasteiger partial charge in [-0.3, -0.25) is 0 Å². The van der Waals surface area contributed by atoms with Gasteiger partial charge in [-0.25, -0.2) is 0 Å². The molecule has 0 N–H and O–H groups in total. The van der Waals surface area contributed by atoms with E-state index in [1.807, 2.05) is 6.92 Å². The summed E-state index contributed by atoms with van der Waals surface area (Å²) in [6.07, 6.45) is 5.77. The van der Waals surface area contributed by atoms with E-state index in [9.17, 15) is 0 Å². The molecule has 1 aliphatic carbocycles. The van der Waals surface area contributed by atoms with Crippen molar-refractivity contribution in [3.63, 3.8) is 0 Å². The van der Waals surface area contributed by atoms with Crippen molar-refractivity contribution in [1.29, 1.82) is 0 Å². The number of hydrogen-bond acceptors (Lipinski definition) is 7. The van der Waals surface area contributed by atoms with E-state index in [2.05, 4.69) is 24.9 Å². The molecular formula is C13H13N5O2S. The number of hydrogen-bond donors (Lipinski definition) is 0. The maximum absolute atomic E-state index is 5.32. The summed E-state index contributed by atoms with van der Waals surface area (Å²) in [4.78, 5) is 4.37. The summed E-state index contributed by atoms with van der Waals surface area (Å²) in [5, 5.41) is 13.0. The van der Waals surface area contributed by atoms with Crippen LogP contribution in [0.3, 0.4) is 0 Å². The summed E-state index contributed by atoms with van der Waals surface area (Å²) in [6, 6.07) is 4.15. The summed E-state index contributed by atoms with van der Waals surface area (Å²) >= 11 is 1.57. The van der Waals surface area contributed by atoms with Gasteiger partial charge in [0.25, 0.3) is 0 Å². The first-order chi connectivity index (χ1) is 10.3. The summed E-state index contributed by atoms with van der Waals surface area (Å²) < 4.78 is 12.7. The van der Waals surface area contributed by atoms with E-state index < -0.39 is 0 Å². The zero-order chi connectivity index (χ0) is 14.2. The predicted molar refractivity (Wildman–Crippen MR) is 74.6 cm³/mol. The van der Waals surface area contributed by atoms with E-state index in [0.717, 1.165) is 5.16 Å². The van der Waals surface area contributed by atoms with Crippen molar-refractivity contribution in [2.24, 2.45) is 0 Å². The molecule has 108 valence electrons. The van der Waals surface area contributed by atoms with Crippen LogP contribution in [0.5, 0.6) is 0 Å². The van der Waals surface area contributed by atoms with Crippen LogP contribution >= 0.6 is 11.8 Å². The zero-order valence-electron chi connectivity index (χ0n) is 11.3. The number of thioether (sulfide) groups is 1. The van der Waals surface area contributed by atoms with Crippen LogP contribution in [0, 0.1) is 0 Å². The Balaban J connectivity index is 1.52. The van der Waals surface area contributed by atoms with E-state index >= 15 is 0 Å². The van der Waals surface area contributed by atoms with Crippen LogP contribution in [0.25, 0.3) is 11.6 Å². The van der Waals surface area contributed by atoms with E-state index in [1.54, 1.807) is 36.5 Å². The van der Waals surface area contributed by atoms with Gasteiger partial charge in [-0.15, -0.1) is 10.2 Å². The predicted octanol–water partition coefficient (Wildman–Crippen LogP) is 3.11. The summed E-state index contributed by atoms with van der Waals surface area (Å²) in [7, 11) is 0. The van der Waals surface area contributed by atoms with Crippen LogP contribution in [-0.4, -0.2) is 24.9 Å². The third kappa shape index (κ3) is 2.46. The summed E-state index contributed by atoms with van der Waals surface area (Å²) in [5.74, 6) is 1.62. The van der Waals surface area contributed by atoms with E-state index in [-0.39, 0.29) is 5.25 Å². The Labute approximate surface area is 124 Å². The third-order valence-electron chi connectivity index (χ3n) is 3.29. The highest BCUT2D eigenvalue weighted by molar-refractivity contribution is 7.99. The van der Waals surface area contributed by atoms with Crippen LogP contribution in [0.2, 0.25) is 0 Å². The molecule has 4 rings (SSSR count). The Bertz CT molecular complexity index is 731. The van der Waals surface area contributed by atoms with Crippen molar-refractivity contribution in [3.8, 4) is 11.6 Å². The van der Waals surface area contributed by atoms with Crippen LogP contribution < -0.4 is 0 Å². The molecule has 1 atom stereocenters. The molecule has 0 aromatic carbocycles. The smallest absolute Gasteiger partial charge is 0.240 e. The molecule has 3 heterocycles. The maximum Gasteiger partial charge on any atom is 0.240 e. The van der Waals surface area contributed by atoms with E-state index in [4.69, 9.17) is 8.94 Å². The molecule has 8 heteroatoms. The molecule has 0 radical (unpaired) electrons. The highest BCUT2D eigenvalue weighted by atomic mass is 32.2. The van der Waals surface area contributed by atoms with Crippen molar-refractivity contribution < 1.29 is 8.94 Å². The highest BCUT2D eigenvalue weighted by Crippen LogP contribution is 2.40. The van der Waals surface area contributed by atoms with Crippen LogP contribution in [0.15, 0.2) is 38.8 Å². The first-order valence-corrected chi connectivity index (χ1v) is 7.63. The second-order valence-electron chi connectivity index (χ2n) is 4.95. The lowest BCUT2D eigenvalue weighted by Gasteiger charge is -2.07. The van der Waals surface area contributed by atoms with Gasteiger partial charge >= 0.3 is 0 Å². The Kier molecular flexibility index (Phi) is 3.03. The molecular weight excluding hydrogens is 290 g/mol. The van der Waals surface area contributed by atoms with Crippen molar-refractivity contribution in [2.75, 3.05) is 0 Å². The van der Waals surface area contributed by atoms with Gasteiger partial charge in [-0.2, -0.15) is 4.98 Å². The monoisotopic (exact) mass is 303 g/mol. The lowest BCUT2D eigenvalue weighted by molar-refractivity contribution is 0.379. The topological polar surface area (TPSA) is 82.8 Å². The highest BCUT2D eigenvalue weighted by Gasteiger charge is 2.28. The molecule has 0 amide bonds. The largest absolute Gasteiger partial charge is 0.461 e. The van der Waals surface area contributed by atoms with Gasteiger partial charge in [0.2, 0.25) is 11.7 Å². The number of aromatic nitrogens is 5. The average molecular weight is 303 g/mol. The molecule has 0 aliphatic heterocycles. The van der Waals surface area contributed by atoms with Crippen LogP contribution in [0.1, 0.15) is 36.9 Å². The van der Waals surface area contributed by atoms with Crippen LogP contribution in [0.4, 0.5) is 0 Å². The van der Waals surface area contributed by atoms with E-state index in [0.29, 0.717) is 23.5 Å². The van der Waals surface area contributed by atoms with Gasteiger partial charge in [0.15, 0.2) is 10.9 Å².